The normalized spacial score (nSPS) is 13.8. The van der Waals surface area contributed by atoms with Crippen molar-refractivity contribution in [2.45, 2.75) is 26.7 Å². The Kier molecular flexibility index (Phi) is 5.54. The highest BCUT2D eigenvalue weighted by molar-refractivity contribution is 6.44. The van der Waals surface area contributed by atoms with Gasteiger partial charge in [0.1, 0.15) is 5.71 Å². The molecule has 2 N–H and O–H groups in total. The van der Waals surface area contributed by atoms with Gasteiger partial charge in [0.15, 0.2) is 0 Å². The molecule has 0 aromatic heterocycles. The van der Waals surface area contributed by atoms with E-state index < -0.39 is 0 Å². The third kappa shape index (κ3) is 4.09. The molecule has 28 heavy (non-hydrogen) atoms. The lowest BCUT2D eigenvalue weighted by molar-refractivity contribution is -0.118. The Morgan fingerprint density at radius 1 is 1.00 bits per heavy atom. The van der Waals surface area contributed by atoms with Crippen LogP contribution < -0.4 is 15.6 Å². The van der Waals surface area contributed by atoms with Crippen LogP contribution in [0.3, 0.4) is 0 Å². The minimum Gasteiger partial charge on any atom is -0.355 e. The number of anilines is 2. The molecule has 1 aliphatic heterocycles. The van der Waals surface area contributed by atoms with Crippen LogP contribution >= 0.6 is 0 Å². The van der Waals surface area contributed by atoms with Crippen LogP contribution in [0, 0.1) is 13.8 Å². The molecule has 2 aromatic carbocycles. The Bertz CT molecular complexity index is 964. The molecule has 0 saturated carbocycles. The molecule has 3 rings (SSSR count). The number of hydrogen-bond donors (Lipinski definition) is 2. The molecule has 7 heteroatoms. The maximum absolute atomic E-state index is 12.6. The number of amides is 3. The highest BCUT2D eigenvalue weighted by Crippen LogP contribution is 2.25. The summed E-state index contributed by atoms with van der Waals surface area (Å²) in [6, 6.07) is 12.3. The van der Waals surface area contributed by atoms with Crippen molar-refractivity contribution < 1.29 is 14.4 Å². The molecule has 1 heterocycles. The van der Waals surface area contributed by atoms with Gasteiger partial charge in [0.2, 0.25) is 5.91 Å². The Hall–Kier alpha value is -3.48. The maximum Gasteiger partial charge on any atom is 0.271 e. The molecule has 0 spiro atoms. The molecule has 3 amide bonds. The van der Waals surface area contributed by atoms with E-state index in [0.29, 0.717) is 16.9 Å². The summed E-state index contributed by atoms with van der Waals surface area (Å²) < 4.78 is 0. The number of aryl methyl sites for hydroxylation is 2. The summed E-state index contributed by atoms with van der Waals surface area (Å²) in [5.41, 5.74) is 3.95. The zero-order valence-electron chi connectivity index (χ0n) is 16.1. The van der Waals surface area contributed by atoms with Crippen molar-refractivity contribution >= 4 is 34.8 Å². The topological polar surface area (TPSA) is 90.9 Å². The Morgan fingerprint density at radius 2 is 1.71 bits per heavy atom. The minimum absolute atomic E-state index is 0.139. The van der Waals surface area contributed by atoms with Crippen LogP contribution in [0.1, 0.15) is 34.3 Å². The number of rotatable bonds is 4. The van der Waals surface area contributed by atoms with Gasteiger partial charge in [-0.05, 0) is 55.3 Å². The lowest BCUT2D eigenvalue weighted by atomic mass is 10.1. The SMILES string of the molecule is CNC(=O)c1ccc(NC(=O)C2=NN(c3cc(C)ccc3C)C(=O)CC2)cc1. The van der Waals surface area contributed by atoms with Gasteiger partial charge in [-0.25, -0.2) is 5.01 Å². The molecule has 2 aromatic rings. The van der Waals surface area contributed by atoms with Crippen molar-refractivity contribution in [3.8, 4) is 0 Å². The lowest BCUT2D eigenvalue weighted by Crippen LogP contribution is -2.36. The summed E-state index contributed by atoms with van der Waals surface area (Å²) in [4.78, 5) is 36.6. The van der Waals surface area contributed by atoms with Crippen LogP contribution in [0.15, 0.2) is 47.6 Å². The zero-order valence-corrected chi connectivity index (χ0v) is 16.1. The average Bonchev–Trinajstić information content (AvgIpc) is 2.70. The van der Waals surface area contributed by atoms with Crippen molar-refractivity contribution in [1.29, 1.82) is 0 Å². The first kappa shape index (κ1) is 19.3. The summed E-state index contributed by atoms with van der Waals surface area (Å²) in [7, 11) is 1.56. The summed E-state index contributed by atoms with van der Waals surface area (Å²) in [6.45, 7) is 3.84. The predicted molar refractivity (Wildman–Crippen MR) is 109 cm³/mol. The molecular weight excluding hydrogens is 356 g/mol. The van der Waals surface area contributed by atoms with E-state index in [-0.39, 0.29) is 36.3 Å². The van der Waals surface area contributed by atoms with E-state index in [1.54, 1.807) is 31.3 Å². The third-order valence-electron chi connectivity index (χ3n) is 4.52. The molecule has 144 valence electrons. The van der Waals surface area contributed by atoms with E-state index in [1.807, 2.05) is 32.0 Å². The molecule has 0 bridgehead atoms. The smallest absolute Gasteiger partial charge is 0.271 e. The first-order valence-corrected chi connectivity index (χ1v) is 9.00. The zero-order chi connectivity index (χ0) is 20.3. The van der Waals surface area contributed by atoms with Gasteiger partial charge in [-0.2, -0.15) is 5.10 Å². The highest BCUT2D eigenvalue weighted by atomic mass is 16.2. The van der Waals surface area contributed by atoms with Crippen molar-refractivity contribution in [3.63, 3.8) is 0 Å². The lowest BCUT2D eigenvalue weighted by Gasteiger charge is -2.24. The number of hydrazone groups is 1. The van der Waals surface area contributed by atoms with Crippen LogP contribution in [0.2, 0.25) is 0 Å². The van der Waals surface area contributed by atoms with Crippen molar-refractivity contribution in [3.05, 3.63) is 59.2 Å². The Balaban J connectivity index is 1.80. The number of carbonyl (C=O) groups is 3. The van der Waals surface area contributed by atoms with E-state index in [1.165, 1.54) is 5.01 Å². The number of carbonyl (C=O) groups excluding carboxylic acids is 3. The van der Waals surface area contributed by atoms with E-state index in [0.717, 1.165) is 11.1 Å². The second-order valence-corrected chi connectivity index (χ2v) is 6.65. The van der Waals surface area contributed by atoms with Crippen molar-refractivity contribution in [2.24, 2.45) is 5.10 Å². The minimum atomic E-state index is -0.365. The van der Waals surface area contributed by atoms with E-state index in [4.69, 9.17) is 0 Å². The van der Waals surface area contributed by atoms with Crippen LogP contribution in [-0.4, -0.2) is 30.5 Å². The highest BCUT2D eigenvalue weighted by Gasteiger charge is 2.26. The van der Waals surface area contributed by atoms with Gasteiger partial charge in [-0.3, -0.25) is 14.4 Å². The molecule has 0 aliphatic carbocycles. The Labute approximate surface area is 163 Å². The van der Waals surface area contributed by atoms with Gasteiger partial charge in [0.25, 0.3) is 11.8 Å². The second kappa shape index (κ2) is 8.04. The quantitative estimate of drug-likeness (QED) is 0.857. The summed E-state index contributed by atoms with van der Waals surface area (Å²) >= 11 is 0. The van der Waals surface area contributed by atoms with Crippen LogP contribution in [0.5, 0.6) is 0 Å². The van der Waals surface area contributed by atoms with Gasteiger partial charge in [-0.15, -0.1) is 0 Å². The van der Waals surface area contributed by atoms with Crippen molar-refractivity contribution in [1.82, 2.24) is 5.32 Å². The van der Waals surface area contributed by atoms with Gasteiger partial charge >= 0.3 is 0 Å². The molecular formula is C21H22N4O3. The molecule has 0 saturated heterocycles. The van der Waals surface area contributed by atoms with Gasteiger partial charge in [0.05, 0.1) is 5.69 Å². The molecule has 1 aliphatic rings. The molecule has 0 atom stereocenters. The van der Waals surface area contributed by atoms with Crippen LogP contribution in [0.25, 0.3) is 0 Å². The van der Waals surface area contributed by atoms with Crippen LogP contribution in [0.4, 0.5) is 11.4 Å². The molecule has 0 radical (unpaired) electrons. The van der Waals surface area contributed by atoms with Crippen LogP contribution in [-0.2, 0) is 9.59 Å². The van der Waals surface area contributed by atoms with Gasteiger partial charge < -0.3 is 10.6 Å². The predicted octanol–water partition coefficient (Wildman–Crippen LogP) is 2.78. The number of benzene rings is 2. The van der Waals surface area contributed by atoms with Crippen molar-refractivity contribution in [2.75, 3.05) is 17.4 Å². The summed E-state index contributed by atoms with van der Waals surface area (Å²) in [5.74, 6) is -0.701. The molecule has 7 nitrogen and oxygen atoms in total. The number of nitrogens with zero attached hydrogens (tertiary/aromatic N) is 2. The Morgan fingerprint density at radius 3 is 2.39 bits per heavy atom. The fourth-order valence-corrected chi connectivity index (χ4v) is 2.90. The molecule has 0 fully saturated rings. The monoisotopic (exact) mass is 378 g/mol. The largest absolute Gasteiger partial charge is 0.355 e. The van der Waals surface area contributed by atoms with E-state index in [2.05, 4.69) is 15.7 Å². The summed E-state index contributed by atoms with van der Waals surface area (Å²) in [5, 5.41) is 10.9. The fraction of sp³-hybridized carbons (Fsp3) is 0.238. The summed E-state index contributed by atoms with van der Waals surface area (Å²) in [6.07, 6.45) is 0.498. The first-order chi connectivity index (χ1) is 13.4. The van der Waals surface area contributed by atoms with Gasteiger partial charge in [-0.1, -0.05) is 12.1 Å². The van der Waals surface area contributed by atoms with Gasteiger partial charge in [0, 0.05) is 31.1 Å². The third-order valence-corrected chi connectivity index (χ3v) is 4.52. The average molecular weight is 378 g/mol. The van der Waals surface area contributed by atoms with E-state index in [9.17, 15) is 14.4 Å². The maximum atomic E-state index is 12.6. The second-order valence-electron chi connectivity index (χ2n) is 6.65. The number of hydrogen-bond acceptors (Lipinski definition) is 4. The number of nitrogens with one attached hydrogen (secondary N) is 2. The standard InChI is InChI=1S/C21H22N4O3/c1-13-4-5-14(2)18(12-13)25-19(26)11-10-17(24-25)21(28)23-16-8-6-15(7-9-16)20(27)22-3/h4-9,12H,10-11H2,1-3H3,(H,22,27)(H,23,28). The molecule has 0 unspecified atom stereocenters. The first-order valence-electron chi connectivity index (χ1n) is 9.00. The van der Waals surface area contributed by atoms with E-state index >= 15 is 0 Å². The fourth-order valence-electron chi connectivity index (χ4n) is 2.90.